The number of carbonyl (C=O) groups excluding carboxylic acids is 1. The van der Waals surface area contributed by atoms with Crippen molar-refractivity contribution in [2.75, 3.05) is 11.2 Å². The maximum absolute atomic E-state index is 13.5. The fourth-order valence-corrected chi connectivity index (χ4v) is 4.79. The van der Waals surface area contributed by atoms with E-state index in [1.807, 2.05) is 43.3 Å². The fourth-order valence-electron chi connectivity index (χ4n) is 3.09. The molecule has 1 amide bonds. The molecule has 0 saturated heterocycles. The third-order valence-electron chi connectivity index (χ3n) is 4.64. The summed E-state index contributed by atoms with van der Waals surface area (Å²) in [6, 6.07) is 17.5. The van der Waals surface area contributed by atoms with Gasteiger partial charge in [0, 0.05) is 18.0 Å². The third kappa shape index (κ3) is 4.10. The average molecular weight is 438 g/mol. The molecule has 30 heavy (non-hydrogen) atoms. The molecule has 0 aliphatic carbocycles. The van der Waals surface area contributed by atoms with Crippen LogP contribution < -0.4 is 4.90 Å². The van der Waals surface area contributed by atoms with E-state index in [4.69, 9.17) is 4.98 Å². The van der Waals surface area contributed by atoms with Crippen LogP contribution in [-0.2, 0) is 16.4 Å². The average Bonchev–Trinajstić information content (AvgIpc) is 3.17. The summed E-state index contributed by atoms with van der Waals surface area (Å²) in [7, 11) is -3.43. The number of amides is 1. The number of pyridine rings is 1. The van der Waals surface area contributed by atoms with Crippen molar-refractivity contribution >= 4 is 42.4 Å². The molecule has 0 unspecified atom stereocenters. The Morgan fingerprint density at radius 1 is 1.07 bits per heavy atom. The van der Waals surface area contributed by atoms with E-state index in [-0.39, 0.29) is 22.9 Å². The summed E-state index contributed by atoms with van der Waals surface area (Å²) in [4.78, 5) is 24.2. The second kappa shape index (κ2) is 7.97. The Bertz CT molecular complexity index is 1330. The van der Waals surface area contributed by atoms with Crippen molar-refractivity contribution in [2.45, 2.75) is 18.4 Å². The van der Waals surface area contributed by atoms with E-state index in [2.05, 4.69) is 4.98 Å². The number of hydrogen-bond acceptors (Lipinski definition) is 6. The number of sulfone groups is 1. The highest BCUT2D eigenvalue weighted by molar-refractivity contribution is 7.90. The number of nitrogens with zero attached hydrogens (tertiary/aromatic N) is 3. The Hall–Kier alpha value is -3.10. The lowest BCUT2D eigenvalue weighted by atomic mass is 10.2. The molecule has 152 valence electrons. The summed E-state index contributed by atoms with van der Waals surface area (Å²) in [6.45, 7) is 2.20. The fraction of sp³-hybridized carbons (Fsp3) is 0.136. The molecule has 4 rings (SSSR count). The van der Waals surface area contributed by atoms with Crippen LogP contribution in [-0.4, -0.2) is 30.5 Å². The molecule has 2 aromatic carbocycles. The van der Waals surface area contributed by atoms with Gasteiger partial charge >= 0.3 is 0 Å². The summed E-state index contributed by atoms with van der Waals surface area (Å²) in [6.07, 6.45) is 2.79. The first kappa shape index (κ1) is 20.2. The van der Waals surface area contributed by atoms with Gasteiger partial charge in [-0.2, -0.15) is 0 Å². The number of para-hydroxylation sites is 1. The zero-order valence-electron chi connectivity index (χ0n) is 16.4. The number of benzene rings is 2. The van der Waals surface area contributed by atoms with Gasteiger partial charge in [0.25, 0.3) is 5.91 Å². The quantitative estimate of drug-likeness (QED) is 0.466. The molecule has 0 spiro atoms. The highest BCUT2D eigenvalue weighted by Gasteiger charge is 2.23. The van der Waals surface area contributed by atoms with E-state index in [0.717, 1.165) is 22.0 Å². The summed E-state index contributed by atoms with van der Waals surface area (Å²) < 4.78 is 24.9. The monoisotopic (exact) mass is 437 g/mol. The summed E-state index contributed by atoms with van der Waals surface area (Å²) in [5, 5.41) is 0.541. The van der Waals surface area contributed by atoms with Gasteiger partial charge in [0.15, 0.2) is 15.0 Å². The van der Waals surface area contributed by atoms with Crippen molar-refractivity contribution in [3.05, 3.63) is 83.7 Å². The molecule has 0 atom stereocenters. The number of aromatic nitrogens is 2. The normalized spacial score (nSPS) is 11.5. The van der Waals surface area contributed by atoms with Gasteiger partial charge in [0.1, 0.15) is 0 Å². The smallest absolute Gasteiger partial charge is 0.260 e. The number of thiazole rings is 1. The van der Waals surface area contributed by atoms with Gasteiger partial charge in [0.2, 0.25) is 0 Å². The minimum Gasteiger partial charge on any atom is -0.278 e. The zero-order chi connectivity index (χ0) is 21.3. The van der Waals surface area contributed by atoms with Crippen LogP contribution in [0.25, 0.3) is 10.2 Å². The molecule has 0 aliphatic heterocycles. The van der Waals surface area contributed by atoms with Crippen molar-refractivity contribution in [2.24, 2.45) is 0 Å². The van der Waals surface area contributed by atoms with Crippen LogP contribution in [0, 0.1) is 6.92 Å². The third-order valence-corrected chi connectivity index (χ3v) is 6.79. The lowest BCUT2D eigenvalue weighted by Crippen LogP contribution is -2.30. The molecule has 4 aromatic rings. The van der Waals surface area contributed by atoms with Crippen molar-refractivity contribution in [1.82, 2.24) is 9.97 Å². The Balaban J connectivity index is 1.80. The Labute approximate surface area is 178 Å². The molecule has 0 radical (unpaired) electrons. The topological polar surface area (TPSA) is 80.2 Å². The van der Waals surface area contributed by atoms with Crippen LogP contribution in [0.4, 0.5) is 5.13 Å². The van der Waals surface area contributed by atoms with E-state index in [1.165, 1.54) is 23.5 Å². The molecule has 0 aliphatic rings. The number of carbonyl (C=O) groups is 1. The first-order chi connectivity index (χ1) is 14.3. The number of fused-ring (bicyclic) bond motifs is 1. The Kier molecular flexibility index (Phi) is 5.36. The van der Waals surface area contributed by atoms with Gasteiger partial charge in [-0.3, -0.25) is 14.7 Å². The SMILES string of the molecule is Cc1cccc2sc(N(Cc3ccccn3)C(=O)c3cccc(S(C)(=O)=O)c3)nc12. The van der Waals surface area contributed by atoms with Crippen LogP contribution in [0.15, 0.2) is 71.8 Å². The van der Waals surface area contributed by atoms with E-state index < -0.39 is 9.84 Å². The first-order valence-electron chi connectivity index (χ1n) is 9.21. The summed E-state index contributed by atoms with van der Waals surface area (Å²) >= 11 is 1.42. The number of hydrogen-bond donors (Lipinski definition) is 0. The van der Waals surface area contributed by atoms with Crippen LogP contribution in [0.1, 0.15) is 21.6 Å². The van der Waals surface area contributed by atoms with Gasteiger partial charge in [0.05, 0.1) is 27.4 Å². The molecule has 0 bridgehead atoms. The van der Waals surface area contributed by atoms with Crippen molar-refractivity contribution in [3.63, 3.8) is 0 Å². The van der Waals surface area contributed by atoms with Crippen molar-refractivity contribution in [3.8, 4) is 0 Å². The molecule has 8 heteroatoms. The van der Waals surface area contributed by atoms with Crippen molar-refractivity contribution in [1.29, 1.82) is 0 Å². The van der Waals surface area contributed by atoms with Crippen LogP contribution in [0.3, 0.4) is 0 Å². The minimum absolute atomic E-state index is 0.103. The minimum atomic E-state index is -3.43. The van der Waals surface area contributed by atoms with Gasteiger partial charge in [-0.25, -0.2) is 13.4 Å². The maximum atomic E-state index is 13.5. The molecular formula is C22H19N3O3S2. The van der Waals surface area contributed by atoms with Crippen LogP contribution in [0.2, 0.25) is 0 Å². The Morgan fingerprint density at radius 3 is 2.57 bits per heavy atom. The molecule has 0 fully saturated rings. The van der Waals surface area contributed by atoms with Gasteiger partial charge in [-0.05, 0) is 48.9 Å². The van der Waals surface area contributed by atoms with Crippen molar-refractivity contribution < 1.29 is 13.2 Å². The standard InChI is InChI=1S/C22H19N3O3S2/c1-15-7-5-11-19-20(15)24-22(29-19)25(14-17-9-3-4-12-23-17)21(26)16-8-6-10-18(13-16)30(2,27)28/h3-13H,14H2,1-2H3. The van der Waals surface area contributed by atoms with Gasteiger partial charge < -0.3 is 0 Å². The Morgan fingerprint density at radius 2 is 1.87 bits per heavy atom. The predicted molar refractivity (Wildman–Crippen MR) is 119 cm³/mol. The molecule has 6 nitrogen and oxygen atoms in total. The number of anilines is 1. The van der Waals surface area contributed by atoms with E-state index in [1.54, 1.807) is 23.2 Å². The predicted octanol–water partition coefficient (Wildman–Crippen LogP) is 4.25. The second-order valence-corrected chi connectivity index (χ2v) is 9.96. The molecule has 0 saturated carbocycles. The number of aryl methyl sites for hydroxylation is 1. The molecular weight excluding hydrogens is 418 g/mol. The lowest BCUT2D eigenvalue weighted by molar-refractivity contribution is 0.0984. The summed E-state index contributed by atoms with van der Waals surface area (Å²) in [5.41, 5.74) is 2.87. The second-order valence-electron chi connectivity index (χ2n) is 6.93. The van der Waals surface area contributed by atoms with E-state index in [0.29, 0.717) is 10.8 Å². The lowest BCUT2D eigenvalue weighted by Gasteiger charge is -2.20. The first-order valence-corrected chi connectivity index (χ1v) is 11.9. The van der Waals surface area contributed by atoms with Crippen LogP contribution >= 0.6 is 11.3 Å². The highest BCUT2D eigenvalue weighted by Crippen LogP contribution is 2.32. The van der Waals surface area contributed by atoms with E-state index >= 15 is 0 Å². The maximum Gasteiger partial charge on any atom is 0.260 e. The largest absolute Gasteiger partial charge is 0.278 e. The van der Waals surface area contributed by atoms with Gasteiger partial charge in [-0.15, -0.1) is 0 Å². The van der Waals surface area contributed by atoms with E-state index in [9.17, 15) is 13.2 Å². The molecule has 2 heterocycles. The molecule has 2 aromatic heterocycles. The number of rotatable bonds is 5. The van der Waals surface area contributed by atoms with Crippen LogP contribution in [0.5, 0.6) is 0 Å². The van der Waals surface area contributed by atoms with Gasteiger partial charge in [-0.1, -0.05) is 35.6 Å². The summed E-state index contributed by atoms with van der Waals surface area (Å²) in [5.74, 6) is -0.331. The zero-order valence-corrected chi connectivity index (χ0v) is 18.1. The highest BCUT2D eigenvalue weighted by atomic mass is 32.2. The molecule has 0 N–H and O–H groups in total.